The Bertz CT molecular complexity index is 784. The zero-order valence-electron chi connectivity index (χ0n) is 11.7. The molecule has 110 valence electrons. The molecule has 0 aliphatic heterocycles. The normalized spacial score (nSPS) is 10.4. The lowest BCUT2D eigenvalue weighted by Crippen LogP contribution is -2.15. The monoisotopic (exact) mass is 294 g/mol. The molecule has 0 atom stereocenters. The maximum atomic E-state index is 12.0. The largest absolute Gasteiger partial charge is 0.506 e. The molecule has 0 aliphatic carbocycles. The summed E-state index contributed by atoms with van der Waals surface area (Å²) in [5.41, 5.74) is 1.76. The number of phenols is 1. The van der Waals surface area contributed by atoms with E-state index in [0.717, 1.165) is 5.69 Å². The van der Waals surface area contributed by atoms with Crippen LogP contribution in [0.3, 0.4) is 0 Å². The van der Waals surface area contributed by atoms with Gasteiger partial charge in [-0.25, -0.2) is 0 Å². The maximum Gasteiger partial charge on any atom is 0.230 e. The number of carbonyl (C=O) groups is 1. The van der Waals surface area contributed by atoms with Crippen molar-refractivity contribution in [2.75, 3.05) is 5.32 Å². The quantitative estimate of drug-likeness (QED) is 0.723. The number of nitrogens with one attached hydrogen (secondary N) is 1. The van der Waals surface area contributed by atoms with Crippen LogP contribution < -0.4 is 5.32 Å². The standard InChI is InChI=1S/C16H14N4O2/c21-15-9-5-4-8-14(15)18-16(22)10-12-11-17-20(19-12)13-6-2-1-3-7-13/h1-9,11,21H,10H2,(H,18,22). The number of amides is 1. The molecular weight excluding hydrogens is 280 g/mol. The first-order valence-electron chi connectivity index (χ1n) is 6.77. The highest BCUT2D eigenvalue weighted by atomic mass is 16.3. The van der Waals surface area contributed by atoms with Crippen molar-refractivity contribution >= 4 is 11.6 Å². The Morgan fingerprint density at radius 1 is 1.09 bits per heavy atom. The number of rotatable bonds is 4. The number of phenolic OH excluding ortho intramolecular Hbond substituents is 1. The second-order valence-corrected chi connectivity index (χ2v) is 4.70. The van der Waals surface area contributed by atoms with Gasteiger partial charge in [0, 0.05) is 0 Å². The van der Waals surface area contributed by atoms with Crippen LogP contribution in [0.4, 0.5) is 5.69 Å². The molecule has 6 nitrogen and oxygen atoms in total. The first-order chi connectivity index (χ1) is 10.7. The smallest absolute Gasteiger partial charge is 0.230 e. The third kappa shape index (κ3) is 3.12. The van der Waals surface area contributed by atoms with E-state index < -0.39 is 0 Å². The average molecular weight is 294 g/mol. The molecule has 3 aromatic rings. The predicted octanol–water partition coefficient (Wildman–Crippen LogP) is 2.15. The molecule has 1 heterocycles. The summed E-state index contributed by atoms with van der Waals surface area (Å²) in [6, 6.07) is 16.0. The summed E-state index contributed by atoms with van der Waals surface area (Å²) in [7, 11) is 0. The molecule has 0 fully saturated rings. The van der Waals surface area contributed by atoms with E-state index in [2.05, 4.69) is 15.5 Å². The zero-order valence-corrected chi connectivity index (χ0v) is 11.7. The van der Waals surface area contributed by atoms with Gasteiger partial charge in [-0.1, -0.05) is 30.3 Å². The number of para-hydroxylation sites is 3. The highest BCUT2D eigenvalue weighted by molar-refractivity contribution is 5.93. The van der Waals surface area contributed by atoms with Crippen molar-refractivity contribution in [3.8, 4) is 11.4 Å². The molecule has 0 radical (unpaired) electrons. The third-order valence-corrected chi connectivity index (χ3v) is 3.05. The van der Waals surface area contributed by atoms with Crippen molar-refractivity contribution in [2.24, 2.45) is 0 Å². The number of aromatic hydroxyl groups is 1. The topological polar surface area (TPSA) is 80.0 Å². The van der Waals surface area contributed by atoms with Crippen molar-refractivity contribution < 1.29 is 9.90 Å². The second-order valence-electron chi connectivity index (χ2n) is 4.70. The number of carbonyl (C=O) groups excluding carboxylic acids is 1. The van der Waals surface area contributed by atoms with E-state index in [1.54, 1.807) is 24.4 Å². The summed E-state index contributed by atoms with van der Waals surface area (Å²) in [4.78, 5) is 13.5. The minimum atomic E-state index is -0.262. The van der Waals surface area contributed by atoms with Gasteiger partial charge in [0.25, 0.3) is 0 Å². The Morgan fingerprint density at radius 2 is 1.82 bits per heavy atom. The number of hydrogen-bond donors (Lipinski definition) is 2. The van der Waals surface area contributed by atoms with Crippen molar-refractivity contribution in [2.45, 2.75) is 6.42 Å². The summed E-state index contributed by atoms with van der Waals surface area (Å²) in [5, 5.41) is 20.7. The summed E-state index contributed by atoms with van der Waals surface area (Å²) < 4.78 is 0. The van der Waals surface area contributed by atoms with Crippen LogP contribution in [0, 0.1) is 0 Å². The van der Waals surface area contributed by atoms with E-state index in [-0.39, 0.29) is 18.1 Å². The Morgan fingerprint density at radius 3 is 2.59 bits per heavy atom. The van der Waals surface area contributed by atoms with Gasteiger partial charge in [0.05, 0.1) is 29.7 Å². The van der Waals surface area contributed by atoms with Gasteiger partial charge >= 0.3 is 0 Å². The van der Waals surface area contributed by atoms with Crippen LogP contribution in [-0.4, -0.2) is 26.0 Å². The van der Waals surface area contributed by atoms with E-state index in [9.17, 15) is 9.90 Å². The number of benzene rings is 2. The summed E-state index contributed by atoms with van der Waals surface area (Å²) >= 11 is 0. The minimum absolute atomic E-state index is 0.0313. The van der Waals surface area contributed by atoms with E-state index >= 15 is 0 Å². The van der Waals surface area contributed by atoms with Gasteiger partial charge in [0.2, 0.25) is 5.91 Å². The van der Waals surface area contributed by atoms with Crippen LogP contribution in [0.15, 0.2) is 60.8 Å². The van der Waals surface area contributed by atoms with E-state index in [1.165, 1.54) is 10.9 Å². The van der Waals surface area contributed by atoms with Crippen LogP contribution >= 0.6 is 0 Å². The number of anilines is 1. The Hall–Kier alpha value is -3.15. The third-order valence-electron chi connectivity index (χ3n) is 3.05. The van der Waals surface area contributed by atoms with Crippen LogP contribution in [0.5, 0.6) is 5.75 Å². The minimum Gasteiger partial charge on any atom is -0.506 e. The molecule has 1 amide bonds. The highest BCUT2D eigenvalue weighted by Gasteiger charge is 2.10. The first kappa shape index (κ1) is 13.8. The summed E-state index contributed by atoms with van der Waals surface area (Å²) in [6.07, 6.45) is 1.64. The summed E-state index contributed by atoms with van der Waals surface area (Å²) in [5.74, 6) is -0.231. The van der Waals surface area contributed by atoms with Crippen LogP contribution in [-0.2, 0) is 11.2 Å². The molecule has 0 saturated carbocycles. The van der Waals surface area contributed by atoms with Gasteiger partial charge in [0.15, 0.2) is 0 Å². The average Bonchev–Trinajstić information content (AvgIpc) is 2.99. The van der Waals surface area contributed by atoms with Crippen molar-refractivity contribution in [3.05, 3.63) is 66.5 Å². The molecule has 22 heavy (non-hydrogen) atoms. The lowest BCUT2D eigenvalue weighted by Gasteiger charge is -2.05. The fraction of sp³-hybridized carbons (Fsp3) is 0.0625. The Kier molecular flexibility index (Phi) is 3.82. The van der Waals surface area contributed by atoms with Gasteiger partial charge in [-0.3, -0.25) is 4.79 Å². The molecule has 0 bridgehead atoms. The molecule has 3 rings (SSSR count). The zero-order chi connectivity index (χ0) is 15.4. The predicted molar refractivity (Wildman–Crippen MR) is 81.8 cm³/mol. The van der Waals surface area contributed by atoms with E-state index in [0.29, 0.717) is 11.4 Å². The number of nitrogens with zero attached hydrogens (tertiary/aromatic N) is 3. The fourth-order valence-corrected chi connectivity index (χ4v) is 2.00. The van der Waals surface area contributed by atoms with E-state index in [4.69, 9.17) is 0 Å². The maximum absolute atomic E-state index is 12.0. The lowest BCUT2D eigenvalue weighted by atomic mass is 10.2. The van der Waals surface area contributed by atoms with Gasteiger partial charge in [-0.15, -0.1) is 0 Å². The highest BCUT2D eigenvalue weighted by Crippen LogP contribution is 2.21. The van der Waals surface area contributed by atoms with Crippen LogP contribution in [0.25, 0.3) is 5.69 Å². The molecule has 6 heteroatoms. The number of hydrogen-bond acceptors (Lipinski definition) is 4. The van der Waals surface area contributed by atoms with Crippen LogP contribution in [0.2, 0.25) is 0 Å². The number of aromatic nitrogens is 3. The molecule has 1 aromatic heterocycles. The summed E-state index contributed by atoms with van der Waals surface area (Å²) in [6.45, 7) is 0. The van der Waals surface area contributed by atoms with Crippen molar-refractivity contribution in [1.82, 2.24) is 15.0 Å². The first-order valence-corrected chi connectivity index (χ1v) is 6.77. The van der Waals surface area contributed by atoms with Gasteiger partial charge in [0.1, 0.15) is 5.75 Å². The Labute approximate surface area is 127 Å². The van der Waals surface area contributed by atoms with E-state index in [1.807, 2.05) is 30.3 Å². The van der Waals surface area contributed by atoms with Gasteiger partial charge < -0.3 is 10.4 Å². The van der Waals surface area contributed by atoms with Gasteiger partial charge in [-0.05, 0) is 24.3 Å². The molecule has 0 unspecified atom stereocenters. The lowest BCUT2D eigenvalue weighted by molar-refractivity contribution is -0.115. The molecule has 2 aromatic carbocycles. The molecule has 0 saturated heterocycles. The second kappa shape index (κ2) is 6.09. The molecular formula is C16H14N4O2. The molecule has 0 spiro atoms. The SMILES string of the molecule is O=C(Cc1cnn(-c2ccccc2)n1)Nc1ccccc1O. The van der Waals surface area contributed by atoms with Crippen molar-refractivity contribution in [3.63, 3.8) is 0 Å². The molecule has 2 N–H and O–H groups in total. The van der Waals surface area contributed by atoms with Gasteiger partial charge in [-0.2, -0.15) is 15.0 Å². The van der Waals surface area contributed by atoms with Crippen LogP contribution in [0.1, 0.15) is 5.69 Å². The Balaban J connectivity index is 1.68. The fourth-order valence-electron chi connectivity index (χ4n) is 2.00. The molecule has 0 aliphatic rings. The van der Waals surface area contributed by atoms with Crippen molar-refractivity contribution in [1.29, 1.82) is 0 Å².